The highest BCUT2D eigenvalue weighted by Crippen LogP contribution is 2.56. The molecule has 0 bridgehead atoms. The maximum absolute atomic E-state index is 14.5. The third kappa shape index (κ3) is 2.59. The lowest BCUT2D eigenvalue weighted by atomic mass is 9.75. The fourth-order valence-corrected chi connectivity index (χ4v) is 5.67. The van der Waals surface area contributed by atoms with E-state index in [1.54, 1.807) is 11.9 Å². The first kappa shape index (κ1) is 20.4. The monoisotopic (exact) mass is 444 g/mol. The Morgan fingerprint density at radius 3 is 2.00 bits per heavy atom. The Kier molecular flexibility index (Phi) is 4.46. The highest BCUT2D eigenvalue weighted by atomic mass is 16.2. The van der Waals surface area contributed by atoms with E-state index in [1.165, 1.54) is 0 Å². The van der Waals surface area contributed by atoms with Crippen LogP contribution in [0.1, 0.15) is 22.3 Å². The number of hydrogen-bond acceptors (Lipinski definition) is 2. The number of aryl methyl sites for hydroxylation is 1. The summed E-state index contributed by atoms with van der Waals surface area (Å²) in [6.45, 7) is 2.39. The molecule has 2 heterocycles. The van der Waals surface area contributed by atoms with Crippen LogP contribution in [0.2, 0.25) is 0 Å². The van der Waals surface area contributed by atoms with E-state index in [0.29, 0.717) is 6.54 Å². The third-order valence-corrected chi connectivity index (χ3v) is 7.15. The molecule has 1 atom stereocenters. The molecule has 166 valence electrons. The van der Waals surface area contributed by atoms with Crippen LogP contribution in [0.25, 0.3) is 11.1 Å². The maximum Gasteiger partial charge on any atom is 0.252 e. The molecule has 0 N–H and O–H groups in total. The van der Waals surface area contributed by atoms with Crippen LogP contribution in [0.4, 0.5) is 11.4 Å². The van der Waals surface area contributed by atoms with Gasteiger partial charge in [-0.05, 0) is 23.6 Å². The van der Waals surface area contributed by atoms with E-state index < -0.39 is 5.41 Å². The molecule has 4 aromatic rings. The average molecular weight is 445 g/mol. The van der Waals surface area contributed by atoms with Crippen molar-refractivity contribution in [3.63, 3.8) is 0 Å². The van der Waals surface area contributed by atoms with Gasteiger partial charge in [0, 0.05) is 23.7 Å². The van der Waals surface area contributed by atoms with E-state index >= 15 is 0 Å². The number of fused-ring (bicyclic) bond motifs is 4. The number of likely N-dealkylation sites (N-methyl/N-ethyl adjacent to an activating group) is 1. The van der Waals surface area contributed by atoms with Crippen LogP contribution in [-0.4, -0.2) is 18.9 Å². The summed E-state index contributed by atoms with van der Waals surface area (Å²) < 4.78 is 0. The first-order chi connectivity index (χ1) is 16.5. The number of benzene rings is 4. The first-order valence-electron chi connectivity index (χ1n) is 11.5. The predicted molar refractivity (Wildman–Crippen MR) is 135 cm³/mol. The van der Waals surface area contributed by atoms with Gasteiger partial charge in [0.2, 0.25) is 0 Å². The number of hydrogen-bond donors (Lipinski definition) is 0. The molecule has 0 radical (unpaired) electrons. The summed E-state index contributed by atoms with van der Waals surface area (Å²) >= 11 is 0. The third-order valence-electron chi connectivity index (χ3n) is 7.15. The minimum absolute atomic E-state index is 0.184. The fraction of sp³-hybridized carbons (Fsp3) is 0.133. The van der Waals surface area contributed by atoms with Gasteiger partial charge in [0.15, 0.2) is 5.41 Å². The maximum atomic E-state index is 14.5. The molecule has 0 unspecified atom stereocenters. The first-order valence-corrected chi connectivity index (χ1v) is 11.5. The highest BCUT2D eigenvalue weighted by molar-refractivity contribution is 6.32. The van der Waals surface area contributed by atoms with E-state index in [-0.39, 0.29) is 11.8 Å². The largest absolute Gasteiger partial charge is 0.313 e. The number of carbonyl (C=O) groups excluding carboxylic acids is 2. The molecule has 0 aliphatic carbocycles. The summed E-state index contributed by atoms with van der Waals surface area (Å²) in [5.74, 6) is -0.375. The summed E-state index contributed by atoms with van der Waals surface area (Å²) in [5, 5.41) is 0. The molecular formula is C30H24N2O2. The van der Waals surface area contributed by atoms with Crippen molar-refractivity contribution in [3.05, 3.63) is 119 Å². The molecule has 4 nitrogen and oxygen atoms in total. The molecule has 0 saturated carbocycles. The SMILES string of the molecule is Cc1cccc2c1N(C)C(=O)[C@]21C(=O)N(Cc2ccccc2)c2c(-c3ccccc3)cccc21. The van der Waals surface area contributed by atoms with Gasteiger partial charge in [0.25, 0.3) is 11.8 Å². The molecule has 0 aromatic heterocycles. The summed E-state index contributed by atoms with van der Waals surface area (Å²) in [4.78, 5) is 32.0. The van der Waals surface area contributed by atoms with Crippen molar-refractivity contribution in [3.8, 4) is 11.1 Å². The second-order valence-electron chi connectivity index (χ2n) is 9.03. The zero-order chi connectivity index (χ0) is 23.4. The van der Waals surface area contributed by atoms with Crippen molar-refractivity contribution in [2.45, 2.75) is 18.9 Å². The topological polar surface area (TPSA) is 40.6 Å². The van der Waals surface area contributed by atoms with Gasteiger partial charge in [-0.1, -0.05) is 97.1 Å². The zero-order valence-corrected chi connectivity index (χ0v) is 19.2. The smallest absolute Gasteiger partial charge is 0.252 e. The predicted octanol–water partition coefficient (Wildman–Crippen LogP) is 5.47. The van der Waals surface area contributed by atoms with Crippen molar-refractivity contribution in [1.29, 1.82) is 0 Å². The Hall–Kier alpha value is -4.18. The van der Waals surface area contributed by atoms with Gasteiger partial charge in [-0.15, -0.1) is 0 Å². The van der Waals surface area contributed by atoms with Crippen molar-refractivity contribution in [2.24, 2.45) is 0 Å². The minimum atomic E-state index is -1.37. The van der Waals surface area contributed by atoms with Crippen molar-refractivity contribution >= 4 is 23.2 Å². The van der Waals surface area contributed by atoms with Crippen molar-refractivity contribution in [1.82, 2.24) is 0 Å². The van der Waals surface area contributed by atoms with Crippen LogP contribution in [-0.2, 0) is 21.5 Å². The number of amides is 2. The number of rotatable bonds is 3. The molecule has 6 rings (SSSR count). The quantitative estimate of drug-likeness (QED) is 0.393. The molecule has 2 amide bonds. The normalized spacial score (nSPS) is 18.5. The summed E-state index contributed by atoms with van der Waals surface area (Å²) in [5.41, 5.74) is 5.79. The van der Waals surface area contributed by atoms with E-state index in [4.69, 9.17) is 0 Å². The van der Waals surface area contributed by atoms with Crippen LogP contribution in [0, 0.1) is 6.92 Å². The highest BCUT2D eigenvalue weighted by Gasteiger charge is 2.63. The Morgan fingerprint density at radius 1 is 0.676 bits per heavy atom. The van der Waals surface area contributed by atoms with Crippen LogP contribution >= 0.6 is 0 Å². The Labute approximate surface area is 199 Å². The van der Waals surface area contributed by atoms with Gasteiger partial charge in [0.05, 0.1) is 17.9 Å². The van der Waals surface area contributed by atoms with Gasteiger partial charge in [-0.2, -0.15) is 0 Å². The number of carbonyl (C=O) groups is 2. The van der Waals surface area contributed by atoms with E-state index in [9.17, 15) is 9.59 Å². The lowest BCUT2D eigenvalue weighted by molar-refractivity contribution is -0.131. The van der Waals surface area contributed by atoms with E-state index in [1.807, 2.05) is 109 Å². The molecule has 34 heavy (non-hydrogen) atoms. The molecule has 2 aliphatic heterocycles. The van der Waals surface area contributed by atoms with Crippen molar-refractivity contribution in [2.75, 3.05) is 16.8 Å². The lowest BCUT2D eigenvalue weighted by Crippen LogP contribution is -2.47. The molecule has 4 heteroatoms. The van der Waals surface area contributed by atoms with Crippen molar-refractivity contribution < 1.29 is 9.59 Å². The standard InChI is InChI=1S/C30H24N2O2/c1-20-11-9-17-24-26(20)31(2)28(33)30(24)25-18-10-16-23(22-14-7-4-8-15-22)27(25)32(29(30)34)19-21-12-5-3-6-13-21/h3-18H,19H2,1-2H3/t30-/m0/s1. The van der Waals surface area contributed by atoms with Crippen LogP contribution in [0.5, 0.6) is 0 Å². The Balaban J connectivity index is 1.66. The number of nitrogens with zero attached hydrogens (tertiary/aromatic N) is 2. The van der Waals surface area contributed by atoms with Gasteiger partial charge >= 0.3 is 0 Å². The lowest BCUT2D eigenvalue weighted by Gasteiger charge is -2.23. The fourth-order valence-electron chi connectivity index (χ4n) is 5.67. The molecule has 0 saturated heterocycles. The van der Waals surface area contributed by atoms with Crippen LogP contribution in [0.15, 0.2) is 97.1 Å². The number of para-hydroxylation sites is 2. The van der Waals surface area contributed by atoms with Gasteiger partial charge in [-0.3, -0.25) is 9.59 Å². The number of anilines is 2. The van der Waals surface area contributed by atoms with E-state index in [0.717, 1.165) is 44.8 Å². The summed E-state index contributed by atoms with van der Waals surface area (Å²) in [7, 11) is 1.77. The second kappa shape index (κ2) is 7.42. The summed E-state index contributed by atoms with van der Waals surface area (Å²) in [6, 6.07) is 31.8. The van der Waals surface area contributed by atoms with Gasteiger partial charge < -0.3 is 9.80 Å². The summed E-state index contributed by atoms with van der Waals surface area (Å²) in [6.07, 6.45) is 0. The van der Waals surface area contributed by atoms with Crippen LogP contribution in [0.3, 0.4) is 0 Å². The average Bonchev–Trinajstić information content (AvgIpc) is 3.26. The second-order valence-corrected chi connectivity index (χ2v) is 9.03. The zero-order valence-electron chi connectivity index (χ0n) is 19.2. The molecule has 0 fully saturated rings. The Bertz CT molecular complexity index is 1450. The Morgan fingerprint density at radius 2 is 1.29 bits per heavy atom. The molecule has 1 spiro atoms. The molecule has 2 aliphatic rings. The minimum Gasteiger partial charge on any atom is -0.313 e. The van der Waals surface area contributed by atoms with E-state index in [2.05, 4.69) is 0 Å². The molecule has 4 aromatic carbocycles. The van der Waals surface area contributed by atoms with Crippen LogP contribution < -0.4 is 9.80 Å². The van der Waals surface area contributed by atoms with Gasteiger partial charge in [-0.25, -0.2) is 0 Å². The van der Waals surface area contributed by atoms with Gasteiger partial charge in [0.1, 0.15) is 0 Å². The molecular weight excluding hydrogens is 420 g/mol.